The van der Waals surface area contributed by atoms with Gasteiger partial charge in [0.15, 0.2) is 0 Å². The monoisotopic (exact) mass is 224 g/mol. The maximum absolute atomic E-state index is 12.0. The number of carbonyl (C=O) groups is 2. The highest BCUT2D eigenvalue weighted by atomic mass is 16.2. The van der Waals surface area contributed by atoms with Crippen molar-refractivity contribution in [1.29, 1.82) is 0 Å². The summed E-state index contributed by atoms with van der Waals surface area (Å²) < 4.78 is 0. The van der Waals surface area contributed by atoms with Gasteiger partial charge in [-0.3, -0.25) is 9.59 Å². The molecule has 90 valence electrons. The lowest BCUT2D eigenvalue weighted by atomic mass is 10.0. The Morgan fingerprint density at radius 2 is 1.88 bits per heavy atom. The first-order valence-electron chi connectivity index (χ1n) is 6.07. The standard InChI is InChI=1S/C12H20N2O2/c1-13-11(15)3-4-14(2)12(16)10-6-8-5-9(8)7-10/h8-10H,3-7H2,1-2H3,(H,13,15). The Bertz CT molecular complexity index is 293. The van der Waals surface area contributed by atoms with Crippen molar-refractivity contribution < 1.29 is 9.59 Å². The Kier molecular flexibility index (Phi) is 3.17. The van der Waals surface area contributed by atoms with Crippen molar-refractivity contribution in [2.45, 2.75) is 25.7 Å². The normalized spacial score (nSPS) is 30.8. The summed E-state index contributed by atoms with van der Waals surface area (Å²) in [5.41, 5.74) is 0. The van der Waals surface area contributed by atoms with Gasteiger partial charge < -0.3 is 10.2 Å². The first-order chi connectivity index (χ1) is 7.61. The zero-order valence-corrected chi connectivity index (χ0v) is 10.0. The first kappa shape index (κ1) is 11.4. The summed E-state index contributed by atoms with van der Waals surface area (Å²) >= 11 is 0. The molecule has 4 nitrogen and oxygen atoms in total. The molecule has 2 fully saturated rings. The largest absolute Gasteiger partial charge is 0.359 e. The maximum atomic E-state index is 12.0. The van der Waals surface area contributed by atoms with E-state index in [0.717, 1.165) is 24.7 Å². The number of nitrogens with zero attached hydrogens (tertiary/aromatic N) is 1. The van der Waals surface area contributed by atoms with Crippen LogP contribution in [0.4, 0.5) is 0 Å². The molecule has 2 rings (SSSR count). The summed E-state index contributed by atoms with van der Waals surface area (Å²) in [6.07, 6.45) is 3.89. The molecule has 0 aromatic heterocycles. The lowest BCUT2D eigenvalue weighted by molar-refractivity contribution is -0.134. The smallest absolute Gasteiger partial charge is 0.225 e. The van der Waals surface area contributed by atoms with Crippen molar-refractivity contribution in [2.75, 3.05) is 20.6 Å². The Morgan fingerprint density at radius 3 is 2.44 bits per heavy atom. The first-order valence-corrected chi connectivity index (χ1v) is 6.07. The van der Waals surface area contributed by atoms with Gasteiger partial charge in [-0.1, -0.05) is 0 Å². The molecule has 0 aromatic rings. The molecule has 16 heavy (non-hydrogen) atoms. The van der Waals surface area contributed by atoms with Crippen LogP contribution >= 0.6 is 0 Å². The van der Waals surface area contributed by atoms with E-state index < -0.39 is 0 Å². The van der Waals surface area contributed by atoms with Crippen LogP contribution in [0.15, 0.2) is 0 Å². The third-order valence-corrected chi connectivity index (χ3v) is 3.92. The van der Waals surface area contributed by atoms with Crippen LogP contribution in [0, 0.1) is 17.8 Å². The molecule has 0 aliphatic heterocycles. The van der Waals surface area contributed by atoms with Crippen LogP contribution in [-0.4, -0.2) is 37.4 Å². The van der Waals surface area contributed by atoms with E-state index in [9.17, 15) is 9.59 Å². The molecule has 0 spiro atoms. The lowest BCUT2D eigenvalue weighted by Gasteiger charge is -2.21. The van der Waals surface area contributed by atoms with Crippen molar-refractivity contribution in [3.05, 3.63) is 0 Å². The number of carbonyl (C=O) groups excluding carboxylic acids is 2. The van der Waals surface area contributed by atoms with Crippen molar-refractivity contribution in [3.8, 4) is 0 Å². The van der Waals surface area contributed by atoms with E-state index in [1.165, 1.54) is 6.42 Å². The summed E-state index contributed by atoms with van der Waals surface area (Å²) in [7, 11) is 3.42. The van der Waals surface area contributed by atoms with Crippen LogP contribution in [0.2, 0.25) is 0 Å². The number of hydrogen-bond donors (Lipinski definition) is 1. The van der Waals surface area contributed by atoms with Gasteiger partial charge in [0.05, 0.1) is 0 Å². The summed E-state index contributed by atoms with van der Waals surface area (Å²) in [5.74, 6) is 2.13. The number of fused-ring (bicyclic) bond motifs is 1. The molecule has 0 saturated heterocycles. The minimum atomic E-state index is -0.00563. The van der Waals surface area contributed by atoms with Gasteiger partial charge in [-0.05, 0) is 31.1 Å². The average molecular weight is 224 g/mol. The molecule has 1 N–H and O–H groups in total. The van der Waals surface area contributed by atoms with Crippen LogP contribution in [0.5, 0.6) is 0 Å². The maximum Gasteiger partial charge on any atom is 0.225 e. The molecule has 0 bridgehead atoms. The van der Waals surface area contributed by atoms with E-state index >= 15 is 0 Å². The Labute approximate surface area is 96.4 Å². The summed E-state index contributed by atoms with van der Waals surface area (Å²) in [4.78, 5) is 24.8. The molecule has 2 aliphatic carbocycles. The zero-order valence-electron chi connectivity index (χ0n) is 10.0. The second-order valence-electron chi connectivity index (χ2n) is 5.11. The lowest BCUT2D eigenvalue weighted by Crippen LogP contribution is -2.35. The minimum absolute atomic E-state index is 0.00563. The van der Waals surface area contributed by atoms with Gasteiger partial charge in [0, 0.05) is 33.0 Å². The minimum Gasteiger partial charge on any atom is -0.359 e. The molecular formula is C12H20N2O2. The Balaban J connectivity index is 1.73. The molecule has 2 atom stereocenters. The van der Waals surface area contributed by atoms with Crippen LogP contribution in [0.3, 0.4) is 0 Å². The molecule has 2 saturated carbocycles. The number of hydrogen-bond acceptors (Lipinski definition) is 2. The van der Waals surface area contributed by atoms with E-state index in [0.29, 0.717) is 13.0 Å². The average Bonchev–Trinajstić information content (AvgIpc) is 2.91. The van der Waals surface area contributed by atoms with Gasteiger partial charge in [0.2, 0.25) is 11.8 Å². The molecule has 2 unspecified atom stereocenters. The third-order valence-electron chi connectivity index (χ3n) is 3.92. The van der Waals surface area contributed by atoms with E-state index in [2.05, 4.69) is 5.32 Å². The molecule has 2 amide bonds. The fraction of sp³-hybridized carbons (Fsp3) is 0.833. The molecule has 0 aromatic carbocycles. The zero-order chi connectivity index (χ0) is 11.7. The fourth-order valence-electron chi connectivity index (χ4n) is 2.73. The van der Waals surface area contributed by atoms with Crippen molar-refractivity contribution >= 4 is 11.8 Å². The van der Waals surface area contributed by atoms with Gasteiger partial charge in [0.1, 0.15) is 0 Å². The predicted molar refractivity (Wildman–Crippen MR) is 60.6 cm³/mol. The van der Waals surface area contributed by atoms with Crippen LogP contribution in [0.25, 0.3) is 0 Å². The van der Waals surface area contributed by atoms with Crippen molar-refractivity contribution in [3.63, 3.8) is 0 Å². The number of rotatable bonds is 4. The van der Waals surface area contributed by atoms with Crippen LogP contribution in [0.1, 0.15) is 25.7 Å². The van der Waals surface area contributed by atoms with Gasteiger partial charge in [-0.25, -0.2) is 0 Å². The SMILES string of the molecule is CNC(=O)CCN(C)C(=O)C1CC2CC2C1. The topological polar surface area (TPSA) is 49.4 Å². The van der Waals surface area contributed by atoms with E-state index in [-0.39, 0.29) is 17.7 Å². The summed E-state index contributed by atoms with van der Waals surface area (Å²) in [6.45, 7) is 0.532. The van der Waals surface area contributed by atoms with Gasteiger partial charge in [0.25, 0.3) is 0 Å². The van der Waals surface area contributed by atoms with E-state index in [1.807, 2.05) is 0 Å². The number of nitrogens with one attached hydrogen (secondary N) is 1. The highest BCUT2D eigenvalue weighted by molar-refractivity contribution is 5.80. The Hall–Kier alpha value is -1.06. The molecule has 2 aliphatic rings. The summed E-state index contributed by atoms with van der Waals surface area (Å²) in [6, 6.07) is 0. The van der Waals surface area contributed by atoms with Gasteiger partial charge in [-0.15, -0.1) is 0 Å². The third kappa shape index (κ3) is 2.36. The fourth-order valence-corrected chi connectivity index (χ4v) is 2.73. The van der Waals surface area contributed by atoms with Gasteiger partial charge in [-0.2, -0.15) is 0 Å². The van der Waals surface area contributed by atoms with Crippen LogP contribution < -0.4 is 5.32 Å². The molecule has 0 heterocycles. The summed E-state index contributed by atoms with van der Waals surface area (Å²) in [5, 5.41) is 2.57. The second-order valence-corrected chi connectivity index (χ2v) is 5.11. The molecule has 4 heteroatoms. The highest BCUT2D eigenvalue weighted by Crippen LogP contribution is 2.54. The van der Waals surface area contributed by atoms with Crippen LogP contribution in [-0.2, 0) is 9.59 Å². The second kappa shape index (κ2) is 4.44. The van der Waals surface area contributed by atoms with Crippen molar-refractivity contribution in [1.82, 2.24) is 10.2 Å². The quantitative estimate of drug-likeness (QED) is 0.761. The van der Waals surface area contributed by atoms with E-state index in [4.69, 9.17) is 0 Å². The predicted octanol–water partition coefficient (Wildman–Crippen LogP) is 0.627. The van der Waals surface area contributed by atoms with Crippen molar-refractivity contribution in [2.24, 2.45) is 17.8 Å². The number of amides is 2. The van der Waals surface area contributed by atoms with E-state index in [1.54, 1.807) is 19.0 Å². The molecule has 0 radical (unpaired) electrons. The highest BCUT2D eigenvalue weighted by Gasteiger charge is 2.48. The molecular weight excluding hydrogens is 204 g/mol. The Morgan fingerprint density at radius 1 is 1.25 bits per heavy atom. The van der Waals surface area contributed by atoms with Gasteiger partial charge >= 0.3 is 0 Å².